The number of aryl methyl sites for hydroxylation is 1. The number of ether oxygens (including phenoxy) is 3. The standard InChI is InChI=1S/C18H15N3O8S/c1-2-26-16(22)5-6-20-10-7-12-13(28-9-27-12)8-14(10)30-18(20)19-17(23)11-3-4-15(29-11)21(24)25/h3-4,7-8H,2,5-6,9H2,1H3. The van der Waals surface area contributed by atoms with Gasteiger partial charge < -0.3 is 23.2 Å². The van der Waals surface area contributed by atoms with Crippen LogP contribution in [0.25, 0.3) is 10.2 Å². The van der Waals surface area contributed by atoms with Crippen LogP contribution in [0.1, 0.15) is 23.9 Å². The minimum Gasteiger partial charge on any atom is -0.466 e. The molecule has 30 heavy (non-hydrogen) atoms. The number of esters is 1. The first-order valence-corrected chi connectivity index (χ1v) is 9.70. The van der Waals surface area contributed by atoms with Gasteiger partial charge in [-0.3, -0.25) is 19.7 Å². The lowest BCUT2D eigenvalue weighted by molar-refractivity contribution is -0.402. The number of benzene rings is 1. The van der Waals surface area contributed by atoms with Gasteiger partial charge >= 0.3 is 17.8 Å². The van der Waals surface area contributed by atoms with Crippen LogP contribution in [0, 0.1) is 10.1 Å². The van der Waals surface area contributed by atoms with Crippen LogP contribution in [0.15, 0.2) is 33.7 Å². The number of carbonyl (C=O) groups excluding carboxylic acids is 2. The highest BCUT2D eigenvalue weighted by atomic mass is 32.1. The van der Waals surface area contributed by atoms with E-state index in [-0.39, 0.29) is 38.1 Å². The maximum atomic E-state index is 12.5. The minimum absolute atomic E-state index is 0.0711. The Morgan fingerprint density at radius 3 is 2.77 bits per heavy atom. The molecule has 4 rings (SSSR count). The van der Waals surface area contributed by atoms with E-state index in [1.54, 1.807) is 23.6 Å². The molecule has 0 saturated carbocycles. The van der Waals surface area contributed by atoms with Gasteiger partial charge in [0.2, 0.25) is 12.6 Å². The minimum atomic E-state index is -0.778. The number of fused-ring (bicyclic) bond motifs is 2. The number of furan rings is 1. The summed E-state index contributed by atoms with van der Waals surface area (Å²) in [7, 11) is 0. The van der Waals surface area contributed by atoms with E-state index < -0.39 is 16.7 Å². The van der Waals surface area contributed by atoms with E-state index in [1.165, 1.54) is 17.4 Å². The summed E-state index contributed by atoms with van der Waals surface area (Å²) < 4.78 is 23.1. The molecule has 1 amide bonds. The second-order valence-corrected chi connectivity index (χ2v) is 7.09. The molecule has 0 bridgehead atoms. The smallest absolute Gasteiger partial charge is 0.433 e. The highest BCUT2D eigenvalue weighted by Gasteiger charge is 2.20. The molecule has 0 atom stereocenters. The first-order valence-electron chi connectivity index (χ1n) is 8.88. The number of thiazole rings is 1. The van der Waals surface area contributed by atoms with Crippen LogP contribution in [0.2, 0.25) is 0 Å². The zero-order valence-corrected chi connectivity index (χ0v) is 16.5. The molecule has 0 aliphatic carbocycles. The fraction of sp³-hybridized carbons (Fsp3) is 0.278. The predicted octanol–water partition coefficient (Wildman–Crippen LogP) is 2.63. The molecule has 1 aliphatic heterocycles. The Bertz CT molecular complexity index is 1220. The zero-order valence-electron chi connectivity index (χ0n) is 15.7. The highest BCUT2D eigenvalue weighted by Crippen LogP contribution is 2.37. The van der Waals surface area contributed by atoms with Crippen molar-refractivity contribution in [2.24, 2.45) is 4.99 Å². The van der Waals surface area contributed by atoms with Crippen molar-refractivity contribution in [2.45, 2.75) is 19.9 Å². The van der Waals surface area contributed by atoms with Gasteiger partial charge in [0.05, 0.1) is 29.3 Å². The molecular formula is C18H15N3O8S. The first-order chi connectivity index (χ1) is 14.5. The number of carbonyl (C=O) groups is 2. The summed E-state index contributed by atoms with van der Waals surface area (Å²) in [5.41, 5.74) is 0.700. The second-order valence-electron chi connectivity index (χ2n) is 6.08. The fourth-order valence-electron chi connectivity index (χ4n) is 2.88. The van der Waals surface area contributed by atoms with Crippen LogP contribution in [0.3, 0.4) is 0 Å². The molecule has 0 fully saturated rings. The van der Waals surface area contributed by atoms with Crippen molar-refractivity contribution in [2.75, 3.05) is 13.4 Å². The number of rotatable bonds is 6. The van der Waals surface area contributed by atoms with Crippen molar-refractivity contribution in [1.82, 2.24) is 4.57 Å². The van der Waals surface area contributed by atoms with Crippen LogP contribution in [-0.2, 0) is 16.1 Å². The largest absolute Gasteiger partial charge is 0.466 e. The van der Waals surface area contributed by atoms with E-state index in [0.29, 0.717) is 21.8 Å². The van der Waals surface area contributed by atoms with Crippen LogP contribution in [0.5, 0.6) is 11.5 Å². The lowest BCUT2D eigenvalue weighted by atomic mass is 10.3. The van der Waals surface area contributed by atoms with E-state index in [4.69, 9.17) is 18.6 Å². The van der Waals surface area contributed by atoms with E-state index >= 15 is 0 Å². The number of nitro groups is 1. The molecule has 11 nitrogen and oxygen atoms in total. The maximum Gasteiger partial charge on any atom is 0.433 e. The van der Waals surface area contributed by atoms with Crippen LogP contribution in [-0.4, -0.2) is 34.8 Å². The first kappa shape index (κ1) is 19.6. The fourth-order valence-corrected chi connectivity index (χ4v) is 3.94. The van der Waals surface area contributed by atoms with Crippen LogP contribution < -0.4 is 14.3 Å². The summed E-state index contributed by atoms with van der Waals surface area (Å²) >= 11 is 1.20. The average Bonchev–Trinajstić information content (AvgIpc) is 3.43. The molecule has 1 aromatic carbocycles. The van der Waals surface area contributed by atoms with Crippen molar-refractivity contribution >= 4 is 39.3 Å². The number of hydrogen-bond acceptors (Lipinski definition) is 9. The van der Waals surface area contributed by atoms with Crippen LogP contribution >= 0.6 is 11.3 Å². The topological polar surface area (TPSA) is 135 Å². The Labute approximate surface area is 172 Å². The highest BCUT2D eigenvalue weighted by molar-refractivity contribution is 7.16. The van der Waals surface area contributed by atoms with Gasteiger partial charge in [-0.1, -0.05) is 11.3 Å². The Morgan fingerprint density at radius 2 is 2.07 bits per heavy atom. The maximum absolute atomic E-state index is 12.5. The lowest BCUT2D eigenvalue weighted by Crippen LogP contribution is -2.19. The van der Waals surface area contributed by atoms with Crippen molar-refractivity contribution in [3.8, 4) is 11.5 Å². The van der Waals surface area contributed by atoms with Crippen molar-refractivity contribution in [3.63, 3.8) is 0 Å². The zero-order chi connectivity index (χ0) is 21.3. The summed E-state index contributed by atoms with van der Waals surface area (Å²) in [4.78, 5) is 38.7. The molecule has 3 heterocycles. The number of amides is 1. The van der Waals surface area contributed by atoms with Gasteiger partial charge in [0, 0.05) is 18.7 Å². The third-order valence-electron chi connectivity index (χ3n) is 4.20. The molecule has 3 aromatic rings. The summed E-state index contributed by atoms with van der Waals surface area (Å²) in [5.74, 6) is -0.856. The lowest BCUT2D eigenvalue weighted by Gasteiger charge is -2.06. The van der Waals surface area contributed by atoms with Gasteiger partial charge in [0.25, 0.3) is 0 Å². The predicted molar refractivity (Wildman–Crippen MR) is 102 cm³/mol. The van der Waals surface area contributed by atoms with E-state index in [2.05, 4.69) is 4.99 Å². The van der Waals surface area contributed by atoms with Gasteiger partial charge in [0.15, 0.2) is 16.3 Å². The molecule has 0 radical (unpaired) electrons. The molecule has 156 valence electrons. The monoisotopic (exact) mass is 433 g/mol. The summed E-state index contributed by atoms with van der Waals surface area (Å²) in [5, 5.41) is 10.8. The van der Waals surface area contributed by atoms with Crippen molar-refractivity contribution in [1.29, 1.82) is 0 Å². The molecular weight excluding hydrogens is 418 g/mol. The van der Waals surface area contributed by atoms with E-state index in [1.807, 2.05) is 0 Å². The van der Waals surface area contributed by atoms with Gasteiger partial charge in [-0.2, -0.15) is 4.99 Å². The summed E-state index contributed by atoms with van der Waals surface area (Å²) in [6.07, 6.45) is 0.0711. The second kappa shape index (κ2) is 7.99. The number of aromatic nitrogens is 1. The third-order valence-corrected chi connectivity index (χ3v) is 5.24. The molecule has 0 unspecified atom stereocenters. The van der Waals surface area contributed by atoms with Gasteiger partial charge in [0.1, 0.15) is 4.92 Å². The van der Waals surface area contributed by atoms with Gasteiger partial charge in [-0.15, -0.1) is 0 Å². The normalized spacial score (nSPS) is 13.0. The Balaban J connectivity index is 1.75. The Morgan fingerprint density at radius 1 is 1.30 bits per heavy atom. The Kier molecular flexibility index (Phi) is 5.23. The number of nitrogens with zero attached hydrogens (tertiary/aromatic N) is 3. The van der Waals surface area contributed by atoms with Crippen LogP contribution in [0.4, 0.5) is 5.88 Å². The summed E-state index contributed by atoms with van der Waals surface area (Å²) in [6.45, 7) is 2.30. The molecule has 0 saturated heterocycles. The quantitative estimate of drug-likeness (QED) is 0.329. The van der Waals surface area contributed by atoms with E-state index in [9.17, 15) is 19.7 Å². The Hall–Kier alpha value is -3.67. The summed E-state index contributed by atoms with van der Waals surface area (Å²) in [6, 6.07) is 5.79. The third kappa shape index (κ3) is 3.76. The molecule has 0 spiro atoms. The van der Waals surface area contributed by atoms with E-state index in [0.717, 1.165) is 10.8 Å². The molecule has 1 aliphatic rings. The SMILES string of the molecule is CCOC(=O)CCn1c(=NC(=O)c2ccc([N+](=O)[O-])o2)sc2cc3c(cc21)OCO3. The van der Waals surface area contributed by atoms with Crippen molar-refractivity contribution in [3.05, 3.63) is 44.9 Å². The molecule has 12 heteroatoms. The average molecular weight is 433 g/mol. The van der Waals surface area contributed by atoms with Crippen molar-refractivity contribution < 1.29 is 33.1 Å². The van der Waals surface area contributed by atoms with Gasteiger partial charge in [-0.05, 0) is 13.0 Å². The van der Waals surface area contributed by atoms with Gasteiger partial charge in [-0.25, -0.2) is 0 Å². The molecule has 0 N–H and O–H groups in total. The number of hydrogen-bond donors (Lipinski definition) is 0. The molecule has 2 aromatic heterocycles.